The maximum Gasteiger partial charge on any atom is 0.343 e. The molecule has 0 radical (unpaired) electrons. The summed E-state index contributed by atoms with van der Waals surface area (Å²) < 4.78 is 30.6. The highest BCUT2D eigenvalue weighted by Gasteiger charge is 2.27. The van der Waals surface area contributed by atoms with Crippen LogP contribution in [-0.4, -0.2) is 30.8 Å². The van der Waals surface area contributed by atoms with E-state index in [-0.39, 0.29) is 18.5 Å². The maximum absolute atomic E-state index is 13.9. The molecule has 220 valence electrons. The topological polar surface area (TPSA) is 61.8 Å². The van der Waals surface area contributed by atoms with Crippen LogP contribution in [0.1, 0.15) is 113 Å². The number of esters is 2. The van der Waals surface area contributed by atoms with Gasteiger partial charge < -0.3 is 14.2 Å². The van der Waals surface area contributed by atoms with Gasteiger partial charge in [-0.3, -0.25) is 0 Å². The summed E-state index contributed by atoms with van der Waals surface area (Å²) in [6, 6.07) is 14.8. The van der Waals surface area contributed by atoms with Crippen molar-refractivity contribution in [2.45, 2.75) is 116 Å². The number of ether oxygens (including phenoxy) is 3. The van der Waals surface area contributed by atoms with Gasteiger partial charge in [-0.2, -0.15) is 0 Å². The lowest BCUT2D eigenvalue weighted by Gasteiger charge is -2.28. The van der Waals surface area contributed by atoms with E-state index in [1.54, 1.807) is 12.1 Å². The molecule has 0 N–H and O–H groups in total. The smallest absolute Gasteiger partial charge is 0.343 e. The number of hydrogen-bond donors (Lipinski definition) is 0. The van der Waals surface area contributed by atoms with E-state index >= 15 is 0 Å². The first kappa shape index (κ1) is 31.6. The average molecular weight is 555 g/mol. The Balaban J connectivity index is 1.33. The minimum absolute atomic E-state index is 0.151. The molecule has 0 bridgehead atoms. The fourth-order valence-electron chi connectivity index (χ4n) is 5.12. The highest BCUT2D eigenvalue weighted by molar-refractivity contribution is 5.91. The summed E-state index contributed by atoms with van der Waals surface area (Å²) in [4.78, 5) is 24.5. The molecule has 2 aromatic carbocycles. The molecule has 5 nitrogen and oxygen atoms in total. The number of benzene rings is 2. The lowest BCUT2D eigenvalue weighted by atomic mass is 9.83. The van der Waals surface area contributed by atoms with Gasteiger partial charge in [0.1, 0.15) is 17.6 Å². The Kier molecular flexibility index (Phi) is 14.0. The second kappa shape index (κ2) is 17.7. The normalized spacial score (nSPS) is 17.7. The van der Waals surface area contributed by atoms with Crippen LogP contribution in [-0.2, 0) is 16.0 Å². The zero-order valence-corrected chi connectivity index (χ0v) is 24.4. The molecule has 40 heavy (non-hydrogen) atoms. The van der Waals surface area contributed by atoms with Crippen LogP contribution in [0.5, 0.6) is 11.5 Å². The lowest BCUT2D eigenvalue weighted by molar-refractivity contribution is -0.157. The molecule has 0 amide bonds. The van der Waals surface area contributed by atoms with Gasteiger partial charge in [-0.1, -0.05) is 64.5 Å². The van der Waals surface area contributed by atoms with Crippen molar-refractivity contribution in [3.8, 4) is 11.5 Å². The fourth-order valence-corrected chi connectivity index (χ4v) is 5.12. The molecule has 3 rings (SSSR count). The zero-order chi connectivity index (χ0) is 28.6. The van der Waals surface area contributed by atoms with Crippen molar-refractivity contribution in [1.29, 1.82) is 0 Å². The number of alkyl halides is 1. The standard InChI is InChI=1S/C34H47FO5/c1-3-5-7-8-9-25-38-29-23-17-28(18-24-29)33(36)39-30-19-13-26(14-20-30)11-12-27-15-21-31(22-16-27)40-34(37)32(35)10-6-4-2/h13-14,17-20,23-24,27,31-32H,3-12,15-16,21-22,25H2,1-2H3/t27-,31-,32-/m0/s1. The molecule has 1 fully saturated rings. The molecule has 0 heterocycles. The molecule has 1 saturated carbocycles. The number of hydrogen-bond acceptors (Lipinski definition) is 5. The number of aryl methyl sites for hydroxylation is 1. The molecular weight excluding hydrogens is 507 g/mol. The first-order valence-corrected chi connectivity index (χ1v) is 15.4. The molecule has 0 aromatic heterocycles. The van der Waals surface area contributed by atoms with Gasteiger partial charge in [0.2, 0.25) is 0 Å². The van der Waals surface area contributed by atoms with Crippen molar-refractivity contribution in [3.05, 3.63) is 59.7 Å². The van der Waals surface area contributed by atoms with Gasteiger partial charge >= 0.3 is 11.9 Å². The SMILES string of the molecule is CCCCCCCOc1ccc(C(=O)Oc2ccc(CC[C@H]3CC[C@H](OC(=O)[C@@H](F)CCCC)CC3)cc2)cc1. The molecule has 0 saturated heterocycles. The summed E-state index contributed by atoms with van der Waals surface area (Å²) in [5.74, 6) is 0.782. The number of unbranched alkanes of at least 4 members (excludes halogenated alkanes) is 5. The summed E-state index contributed by atoms with van der Waals surface area (Å²) in [6.07, 6.45) is 11.7. The largest absolute Gasteiger partial charge is 0.494 e. The molecule has 0 unspecified atom stereocenters. The van der Waals surface area contributed by atoms with Crippen LogP contribution >= 0.6 is 0 Å². The van der Waals surface area contributed by atoms with Gasteiger partial charge in [0, 0.05) is 0 Å². The third kappa shape index (κ3) is 11.3. The predicted molar refractivity (Wildman–Crippen MR) is 157 cm³/mol. The number of carbonyl (C=O) groups excluding carboxylic acids is 2. The predicted octanol–water partition coefficient (Wildman–Crippen LogP) is 8.82. The summed E-state index contributed by atoms with van der Waals surface area (Å²) in [5, 5.41) is 0. The highest BCUT2D eigenvalue weighted by Crippen LogP contribution is 2.30. The zero-order valence-electron chi connectivity index (χ0n) is 24.4. The minimum atomic E-state index is -1.49. The van der Waals surface area contributed by atoms with Crippen LogP contribution in [0.2, 0.25) is 0 Å². The van der Waals surface area contributed by atoms with E-state index in [1.165, 1.54) is 31.2 Å². The number of rotatable bonds is 17. The Hall–Kier alpha value is -2.89. The Labute approximate surface area is 239 Å². The van der Waals surface area contributed by atoms with Crippen LogP contribution in [0, 0.1) is 5.92 Å². The summed E-state index contributed by atoms with van der Waals surface area (Å²) in [5.41, 5.74) is 1.68. The summed E-state index contributed by atoms with van der Waals surface area (Å²) in [6.45, 7) is 4.88. The van der Waals surface area contributed by atoms with Crippen molar-refractivity contribution < 1.29 is 28.2 Å². The van der Waals surface area contributed by atoms with Gasteiger partial charge in [0.25, 0.3) is 0 Å². The first-order valence-electron chi connectivity index (χ1n) is 15.4. The van der Waals surface area contributed by atoms with E-state index in [4.69, 9.17) is 14.2 Å². The third-order valence-corrected chi connectivity index (χ3v) is 7.73. The molecule has 0 spiro atoms. The van der Waals surface area contributed by atoms with Crippen molar-refractivity contribution in [2.24, 2.45) is 5.92 Å². The van der Waals surface area contributed by atoms with Gasteiger partial charge in [-0.15, -0.1) is 0 Å². The van der Waals surface area contributed by atoms with Crippen molar-refractivity contribution in [2.75, 3.05) is 6.61 Å². The maximum atomic E-state index is 13.9. The first-order chi connectivity index (χ1) is 19.5. The fraction of sp³-hybridized carbons (Fsp3) is 0.588. The van der Waals surface area contributed by atoms with Gasteiger partial charge in [-0.05, 0) is 99.2 Å². The van der Waals surface area contributed by atoms with Crippen LogP contribution in [0.3, 0.4) is 0 Å². The van der Waals surface area contributed by atoms with Crippen molar-refractivity contribution in [1.82, 2.24) is 0 Å². The molecule has 0 aliphatic heterocycles. The van der Waals surface area contributed by atoms with Crippen LogP contribution in [0.15, 0.2) is 48.5 Å². The molecule has 6 heteroatoms. The van der Waals surface area contributed by atoms with E-state index in [1.807, 2.05) is 43.3 Å². The van der Waals surface area contributed by atoms with E-state index in [2.05, 4.69) is 6.92 Å². The van der Waals surface area contributed by atoms with Crippen LogP contribution in [0.25, 0.3) is 0 Å². The monoisotopic (exact) mass is 554 g/mol. The second-order valence-corrected chi connectivity index (χ2v) is 11.0. The third-order valence-electron chi connectivity index (χ3n) is 7.73. The van der Waals surface area contributed by atoms with Gasteiger partial charge in [0.05, 0.1) is 12.2 Å². The molecule has 1 aliphatic carbocycles. The Morgan fingerprint density at radius 2 is 1.48 bits per heavy atom. The molecule has 1 atom stereocenters. The number of carbonyl (C=O) groups is 2. The molecule has 1 aliphatic rings. The Morgan fingerprint density at radius 1 is 0.825 bits per heavy atom. The van der Waals surface area contributed by atoms with Gasteiger partial charge in [-0.25, -0.2) is 14.0 Å². The molecule has 2 aromatic rings. The Morgan fingerprint density at radius 3 is 2.15 bits per heavy atom. The highest BCUT2D eigenvalue weighted by atomic mass is 19.1. The summed E-state index contributed by atoms with van der Waals surface area (Å²) in [7, 11) is 0. The van der Waals surface area contributed by atoms with E-state index in [0.717, 1.165) is 57.1 Å². The minimum Gasteiger partial charge on any atom is -0.494 e. The van der Waals surface area contributed by atoms with E-state index < -0.39 is 12.1 Å². The molecular formula is C34H47FO5. The quantitative estimate of drug-likeness (QED) is 0.111. The summed E-state index contributed by atoms with van der Waals surface area (Å²) >= 11 is 0. The second-order valence-electron chi connectivity index (χ2n) is 11.0. The average Bonchev–Trinajstić information content (AvgIpc) is 2.98. The van der Waals surface area contributed by atoms with Crippen molar-refractivity contribution in [3.63, 3.8) is 0 Å². The Bertz CT molecular complexity index is 996. The van der Waals surface area contributed by atoms with Gasteiger partial charge in [0.15, 0.2) is 6.17 Å². The van der Waals surface area contributed by atoms with Crippen LogP contribution in [0.4, 0.5) is 4.39 Å². The van der Waals surface area contributed by atoms with E-state index in [9.17, 15) is 14.0 Å². The van der Waals surface area contributed by atoms with Crippen LogP contribution < -0.4 is 9.47 Å². The van der Waals surface area contributed by atoms with E-state index in [0.29, 0.717) is 30.3 Å². The lowest BCUT2D eigenvalue weighted by Crippen LogP contribution is -2.29. The number of halogens is 1. The van der Waals surface area contributed by atoms with Crippen molar-refractivity contribution >= 4 is 11.9 Å².